The Labute approximate surface area is 107 Å². The molecule has 0 aromatic carbocycles. The maximum atomic E-state index is 11.7. The first-order valence-corrected chi connectivity index (χ1v) is 6.00. The van der Waals surface area contributed by atoms with Crippen LogP contribution >= 0.6 is 23.7 Å². The molecule has 1 aromatic rings. The summed E-state index contributed by atoms with van der Waals surface area (Å²) >= 11 is 1.55. The molecule has 0 spiro atoms. The number of nitrogens with one attached hydrogen (secondary N) is 1. The van der Waals surface area contributed by atoms with Crippen molar-refractivity contribution < 1.29 is 4.79 Å². The van der Waals surface area contributed by atoms with E-state index in [1.165, 1.54) is 10.4 Å². The van der Waals surface area contributed by atoms with Gasteiger partial charge in [-0.2, -0.15) is 0 Å². The second-order valence-electron chi connectivity index (χ2n) is 3.66. The highest BCUT2D eigenvalue weighted by molar-refractivity contribution is 7.14. The van der Waals surface area contributed by atoms with Crippen LogP contribution in [0.25, 0.3) is 0 Å². The van der Waals surface area contributed by atoms with Gasteiger partial charge in [0.15, 0.2) is 0 Å². The lowest BCUT2D eigenvalue weighted by Crippen LogP contribution is -2.37. The summed E-state index contributed by atoms with van der Waals surface area (Å²) in [4.78, 5) is 13.7. The number of hydrogen-bond acceptors (Lipinski definition) is 3. The van der Waals surface area contributed by atoms with Crippen molar-refractivity contribution in [3.05, 3.63) is 21.4 Å². The number of carbonyl (C=O) groups is 1. The Morgan fingerprint density at radius 3 is 2.69 bits per heavy atom. The van der Waals surface area contributed by atoms with Crippen LogP contribution in [0.2, 0.25) is 0 Å². The summed E-state index contributed by atoms with van der Waals surface area (Å²) in [5, 5.41) is 2.86. The van der Waals surface area contributed by atoms with E-state index in [4.69, 9.17) is 5.73 Å². The number of nitrogens with two attached hydrogens (primary N) is 1. The smallest absolute Gasteiger partial charge is 0.261 e. The third-order valence-corrected chi connectivity index (χ3v) is 3.45. The van der Waals surface area contributed by atoms with Crippen molar-refractivity contribution in [1.29, 1.82) is 0 Å². The van der Waals surface area contributed by atoms with E-state index in [-0.39, 0.29) is 24.4 Å². The topological polar surface area (TPSA) is 55.1 Å². The predicted octanol–water partition coefficient (Wildman–Crippen LogP) is 2.12. The average Bonchev–Trinajstić information content (AvgIpc) is 2.59. The summed E-state index contributed by atoms with van der Waals surface area (Å²) in [5.74, 6) is -0.0132. The summed E-state index contributed by atoms with van der Waals surface area (Å²) in [6, 6.07) is 2.00. The van der Waals surface area contributed by atoms with E-state index in [2.05, 4.69) is 12.2 Å². The van der Waals surface area contributed by atoms with Crippen molar-refractivity contribution in [3.8, 4) is 0 Å². The molecule has 0 aliphatic heterocycles. The molecule has 5 heteroatoms. The zero-order valence-corrected chi connectivity index (χ0v) is 11.5. The van der Waals surface area contributed by atoms with Gasteiger partial charge in [-0.15, -0.1) is 23.7 Å². The van der Waals surface area contributed by atoms with Crippen molar-refractivity contribution in [2.24, 2.45) is 5.73 Å². The minimum Gasteiger partial charge on any atom is -0.348 e. The van der Waals surface area contributed by atoms with Crippen LogP contribution in [-0.4, -0.2) is 18.5 Å². The van der Waals surface area contributed by atoms with Crippen LogP contribution in [0.4, 0.5) is 0 Å². The van der Waals surface area contributed by atoms with Crippen molar-refractivity contribution >= 4 is 29.7 Å². The van der Waals surface area contributed by atoms with Crippen LogP contribution in [0.5, 0.6) is 0 Å². The van der Waals surface area contributed by atoms with Gasteiger partial charge >= 0.3 is 0 Å². The molecule has 1 heterocycles. The second kappa shape index (κ2) is 6.89. The number of thiophene rings is 1. The van der Waals surface area contributed by atoms with Gasteiger partial charge in [-0.05, 0) is 31.9 Å². The number of halogens is 1. The van der Waals surface area contributed by atoms with Crippen LogP contribution in [-0.2, 0) is 6.42 Å². The molecular weight excluding hydrogens is 244 g/mol. The molecule has 0 unspecified atom stereocenters. The Bertz CT molecular complexity index is 352. The van der Waals surface area contributed by atoms with Crippen molar-refractivity contribution in [3.63, 3.8) is 0 Å². The lowest BCUT2D eigenvalue weighted by Gasteiger charge is -2.09. The van der Waals surface area contributed by atoms with Crippen molar-refractivity contribution in [2.45, 2.75) is 33.2 Å². The first-order chi connectivity index (χ1) is 7.08. The number of hydrogen-bond donors (Lipinski definition) is 2. The molecule has 0 fully saturated rings. The van der Waals surface area contributed by atoms with Crippen LogP contribution in [0.1, 0.15) is 34.0 Å². The summed E-state index contributed by atoms with van der Waals surface area (Å²) in [6.07, 6.45) is 0.974. The van der Waals surface area contributed by atoms with Gasteiger partial charge in [0.1, 0.15) is 0 Å². The van der Waals surface area contributed by atoms with E-state index in [0.29, 0.717) is 6.54 Å². The molecule has 0 saturated heterocycles. The molecule has 1 amide bonds. The lowest BCUT2D eigenvalue weighted by molar-refractivity contribution is 0.0945. The Balaban J connectivity index is 0.00000225. The van der Waals surface area contributed by atoms with E-state index in [9.17, 15) is 4.79 Å². The van der Waals surface area contributed by atoms with Gasteiger partial charge in [0, 0.05) is 17.5 Å². The number of carbonyl (C=O) groups excluding carboxylic acids is 1. The first-order valence-electron chi connectivity index (χ1n) is 5.18. The molecule has 0 bridgehead atoms. The fourth-order valence-corrected chi connectivity index (χ4v) is 2.35. The lowest BCUT2D eigenvalue weighted by atomic mass is 10.2. The number of rotatable bonds is 4. The van der Waals surface area contributed by atoms with Crippen LogP contribution in [0.15, 0.2) is 6.07 Å². The van der Waals surface area contributed by atoms with E-state index in [1.807, 2.05) is 19.9 Å². The third-order valence-electron chi connectivity index (χ3n) is 2.36. The molecule has 0 aliphatic carbocycles. The normalized spacial score (nSPS) is 11.8. The molecule has 0 saturated carbocycles. The van der Waals surface area contributed by atoms with Gasteiger partial charge < -0.3 is 11.1 Å². The maximum Gasteiger partial charge on any atom is 0.261 e. The molecule has 0 aliphatic rings. The van der Waals surface area contributed by atoms with Crippen molar-refractivity contribution in [1.82, 2.24) is 5.32 Å². The van der Waals surface area contributed by atoms with Gasteiger partial charge in [-0.1, -0.05) is 6.92 Å². The zero-order chi connectivity index (χ0) is 11.4. The summed E-state index contributed by atoms with van der Waals surface area (Å²) < 4.78 is 0. The van der Waals surface area contributed by atoms with E-state index in [0.717, 1.165) is 11.3 Å². The van der Waals surface area contributed by atoms with E-state index in [1.54, 1.807) is 11.3 Å². The average molecular weight is 263 g/mol. The van der Waals surface area contributed by atoms with Gasteiger partial charge in [0.25, 0.3) is 5.91 Å². The Morgan fingerprint density at radius 1 is 1.62 bits per heavy atom. The van der Waals surface area contributed by atoms with Gasteiger partial charge in [-0.25, -0.2) is 0 Å². The van der Waals surface area contributed by atoms with E-state index < -0.39 is 0 Å². The molecule has 92 valence electrons. The van der Waals surface area contributed by atoms with Gasteiger partial charge in [0.2, 0.25) is 0 Å². The SMILES string of the molecule is CCc1cc(C(=O)N[C@@H](C)CN)sc1C.Cl. The minimum atomic E-state index is -0.0132. The minimum absolute atomic E-state index is 0. The van der Waals surface area contributed by atoms with Crippen molar-refractivity contribution in [2.75, 3.05) is 6.54 Å². The number of aryl methyl sites for hydroxylation is 2. The quantitative estimate of drug-likeness (QED) is 0.873. The molecule has 1 aromatic heterocycles. The van der Waals surface area contributed by atoms with Crippen LogP contribution in [0, 0.1) is 6.92 Å². The Kier molecular flexibility index (Phi) is 6.64. The van der Waals surface area contributed by atoms with Gasteiger partial charge in [-0.3, -0.25) is 4.79 Å². The standard InChI is InChI=1S/C11H18N2OS.ClH/c1-4-9-5-10(15-8(9)3)11(14)13-7(2)6-12;/h5,7H,4,6,12H2,1-3H3,(H,13,14);1H/t7-;/m0./s1. The molecule has 16 heavy (non-hydrogen) atoms. The number of amides is 1. The van der Waals surface area contributed by atoms with Gasteiger partial charge in [0.05, 0.1) is 4.88 Å². The first kappa shape index (κ1) is 15.4. The molecule has 3 N–H and O–H groups in total. The zero-order valence-electron chi connectivity index (χ0n) is 9.87. The predicted molar refractivity (Wildman–Crippen MR) is 71.7 cm³/mol. The molecule has 3 nitrogen and oxygen atoms in total. The fraction of sp³-hybridized carbons (Fsp3) is 0.545. The highest BCUT2D eigenvalue weighted by Crippen LogP contribution is 2.21. The molecule has 1 atom stereocenters. The Morgan fingerprint density at radius 2 is 2.25 bits per heavy atom. The summed E-state index contributed by atoms with van der Waals surface area (Å²) in [7, 11) is 0. The third kappa shape index (κ3) is 3.77. The fourth-order valence-electron chi connectivity index (χ4n) is 1.34. The maximum absolute atomic E-state index is 11.7. The van der Waals surface area contributed by atoms with E-state index >= 15 is 0 Å². The van der Waals surface area contributed by atoms with Crippen LogP contribution in [0.3, 0.4) is 0 Å². The highest BCUT2D eigenvalue weighted by atomic mass is 35.5. The largest absolute Gasteiger partial charge is 0.348 e. The highest BCUT2D eigenvalue weighted by Gasteiger charge is 2.12. The molecule has 0 radical (unpaired) electrons. The summed E-state index contributed by atoms with van der Waals surface area (Å²) in [6.45, 7) is 6.52. The summed E-state index contributed by atoms with van der Waals surface area (Å²) in [5.41, 5.74) is 6.70. The Hall–Kier alpha value is -0.580. The monoisotopic (exact) mass is 262 g/mol. The molecular formula is C11H19ClN2OS. The molecule has 1 rings (SSSR count). The van der Waals surface area contributed by atoms with Crippen LogP contribution < -0.4 is 11.1 Å². The second-order valence-corrected chi connectivity index (χ2v) is 4.91.